The van der Waals surface area contributed by atoms with Crippen LogP contribution >= 0.6 is 23.2 Å². The summed E-state index contributed by atoms with van der Waals surface area (Å²) in [6.07, 6.45) is -0.489. The molecule has 120 valence electrons. The van der Waals surface area contributed by atoms with Gasteiger partial charge in [-0.1, -0.05) is 23.2 Å². The van der Waals surface area contributed by atoms with Gasteiger partial charge in [-0.25, -0.2) is 9.78 Å². The number of hydrogen-bond donors (Lipinski definition) is 1. The van der Waals surface area contributed by atoms with Crippen LogP contribution in [0.5, 0.6) is 0 Å². The average Bonchev–Trinajstić information content (AvgIpc) is 2.56. The number of aromatic nitrogens is 1. The van der Waals surface area contributed by atoms with E-state index in [-0.39, 0.29) is 15.9 Å². The molecule has 0 unspecified atom stereocenters. The van der Waals surface area contributed by atoms with Gasteiger partial charge in [0.25, 0.3) is 5.91 Å². The zero-order valence-electron chi connectivity index (χ0n) is 12.3. The maximum Gasteiger partial charge on any atom is 0.413 e. The maximum absolute atomic E-state index is 12.2. The van der Waals surface area contributed by atoms with Gasteiger partial charge in [0.15, 0.2) is 0 Å². The lowest BCUT2D eigenvalue weighted by molar-refractivity contribution is 0.102. The van der Waals surface area contributed by atoms with Crippen molar-refractivity contribution in [1.29, 1.82) is 0 Å². The number of pyridine rings is 1. The average molecular weight is 354 g/mol. The molecule has 1 heterocycles. The van der Waals surface area contributed by atoms with Gasteiger partial charge in [0.1, 0.15) is 10.8 Å². The van der Waals surface area contributed by atoms with Crippen LogP contribution in [0.25, 0.3) is 0 Å². The predicted octanol–water partition coefficient (Wildman–Crippen LogP) is 3.84. The number of amides is 2. The Morgan fingerprint density at radius 2 is 1.78 bits per heavy atom. The van der Waals surface area contributed by atoms with Gasteiger partial charge in [-0.3, -0.25) is 9.69 Å². The van der Waals surface area contributed by atoms with Crippen molar-refractivity contribution >= 4 is 46.6 Å². The summed E-state index contributed by atoms with van der Waals surface area (Å²) in [5, 5.41) is 3.03. The molecule has 0 radical (unpaired) electrons. The SMILES string of the molecule is COC(=O)N(C)c1ccc(NC(=O)c2nc(Cl)ccc2Cl)cc1. The summed E-state index contributed by atoms with van der Waals surface area (Å²) < 4.78 is 4.63. The minimum atomic E-state index is -0.489. The van der Waals surface area contributed by atoms with Gasteiger partial charge >= 0.3 is 6.09 Å². The van der Waals surface area contributed by atoms with Gasteiger partial charge in [-0.2, -0.15) is 0 Å². The van der Waals surface area contributed by atoms with Crippen molar-refractivity contribution < 1.29 is 14.3 Å². The summed E-state index contributed by atoms with van der Waals surface area (Å²) in [6, 6.07) is 9.62. The van der Waals surface area contributed by atoms with E-state index >= 15 is 0 Å². The number of ether oxygens (including phenoxy) is 1. The normalized spacial score (nSPS) is 10.1. The number of benzene rings is 1. The summed E-state index contributed by atoms with van der Waals surface area (Å²) in [6.45, 7) is 0. The van der Waals surface area contributed by atoms with Crippen molar-refractivity contribution in [3.05, 3.63) is 52.3 Å². The van der Waals surface area contributed by atoms with Crippen LogP contribution in [-0.2, 0) is 4.74 Å². The largest absolute Gasteiger partial charge is 0.452 e. The van der Waals surface area contributed by atoms with Crippen LogP contribution in [0.1, 0.15) is 10.5 Å². The van der Waals surface area contributed by atoms with Gasteiger partial charge in [-0.05, 0) is 36.4 Å². The molecule has 1 aromatic heterocycles. The number of anilines is 2. The first-order valence-electron chi connectivity index (χ1n) is 6.47. The van der Waals surface area contributed by atoms with Gasteiger partial charge in [0.05, 0.1) is 12.1 Å². The van der Waals surface area contributed by atoms with Gasteiger partial charge in [0.2, 0.25) is 0 Å². The quantitative estimate of drug-likeness (QED) is 0.850. The molecule has 0 aliphatic heterocycles. The van der Waals surface area contributed by atoms with Crippen LogP contribution < -0.4 is 10.2 Å². The van der Waals surface area contributed by atoms with Crippen LogP contribution in [0.2, 0.25) is 10.2 Å². The van der Waals surface area contributed by atoms with E-state index in [0.717, 1.165) is 0 Å². The zero-order chi connectivity index (χ0) is 17.0. The van der Waals surface area contributed by atoms with Gasteiger partial charge in [-0.15, -0.1) is 0 Å². The van der Waals surface area contributed by atoms with Crippen molar-refractivity contribution in [3.63, 3.8) is 0 Å². The summed E-state index contributed by atoms with van der Waals surface area (Å²) in [7, 11) is 2.88. The summed E-state index contributed by atoms with van der Waals surface area (Å²) in [4.78, 5) is 28.8. The van der Waals surface area contributed by atoms with Gasteiger partial charge in [0, 0.05) is 18.4 Å². The number of methoxy groups -OCH3 is 1. The third-order valence-electron chi connectivity index (χ3n) is 2.99. The highest BCUT2D eigenvalue weighted by molar-refractivity contribution is 6.35. The molecule has 0 atom stereocenters. The molecular weight excluding hydrogens is 341 g/mol. The number of nitrogens with one attached hydrogen (secondary N) is 1. The molecule has 0 fully saturated rings. The van der Waals surface area contributed by atoms with Crippen LogP contribution in [0, 0.1) is 0 Å². The standard InChI is InChI=1S/C15H13Cl2N3O3/c1-20(15(22)23-2)10-5-3-9(4-6-10)18-14(21)13-11(16)7-8-12(17)19-13/h3-8H,1-2H3,(H,18,21). The van der Waals surface area contributed by atoms with Crippen molar-refractivity contribution in [2.75, 3.05) is 24.4 Å². The fourth-order valence-electron chi connectivity index (χ4n) is 1.78. The first-order chi connectivity index (χ1) is 10.9. The van der Waals surface area contributed by atoms with E-state index in [1.165, 1.54) is 24.1 Å². The molecule has 0 aliphatic carbocycles. The topological polar surface area (TPSA) is 71.5 Å². The van der Waals surface area contributed by atoms with Crippen molar-refractivity contribution in [2.45, 2.75) is 0 Å². The molecule has 0 saturated carbocycles. The monoisotopic (exact) mass is 353 g/mol. The molecule has 6 nitrogen and oxygen atoms in total. The molecule has 0 aliphatic rings. The zero-order valence-corrected chi connectivity index (χ0v) is 13.9. The summed E-state index contributed by atoms with van der Waals surface area (Å²) >= 11 is 11.7. The maximum atomic E-state index is 12.2. The Bertz CT molecular complexity index is 735. The highest BCUT2D eigenvalue weighted by Crippen LogP contribution is 2.20. The summed E-state index contributed by atoms with van der Waals surface area (Å²) in [5.74, 6) is -0.480. The smallest absolute Gasteiger partial charge is 0.413 e. The first-order valence-corrected chi connectivity index (χ1v) is 7.23. The molecule has 0 spiro atoms. The molecule has 1 N–H and O–H groups in total. The molecule has 2 rings (SSSR count). The second-order valence-corrected chi connectivity index (χ2v) is 5.29. The Kier molecular flexibility index (Phi) is 5.41. The first kappa shape index (κ1) is 17.1. The van der Waals surface area contributed by atoms with Crippen LogP contribution in [-0.4, -0.2) is 31.1 Å². The molecule has 2 amide bonds. The van der Waals surface area contributed by atoms with Crippen LogP contribution in [0.3, 0.4) is 0 Å². The van der Waals surface area contributed by atoms with Gasteiger partial charge < -0.3 is 10.1 Å². The molecular formula is C15H13Cl2N3O3. The van der Waals surface area contributed by atoms with E-state index in [9.17, 15) is 9.59 Å². The van der Waals surface area contributed by atoms with E-state index in [1.54, 1.807) is 31.3 Å². The lowest BCUT2D eigenvalue weighted by Gasteiger charge is -2.16. The molecule has 1 aromatic carbocycles. The lowest BCUT2D eigenvalue weighted by Crippen LogP contribution is -2.25. The van der Waals surface area contributed by atoms with E-state index in [4.69, 9.17) is 23.2 Å². The third-order valence-corrected chi connectivity index (χ3v) is 3.50. The fraction of sp³-hybridized carbons (Fsp3) is 0.133. The predicted molar refractivity (Wildman–Crippen MR) is 89.5 cm³/mol. The Morgan fingerprint density at radius 3 is 2.39 bits per heavy atom. The molecule has 8 heteroatoms. The Hall–Kier alpha value is -2.31. The van der Waals surface area contributed by atoms with E-state index in [1.807, 2.05) is 0 Å². The van der Waals surface area contributed by atoms with Crippen molar-refractivity contribution in [1.82, 2.24) is 4.98 Å². The highest BCUT2D eigenvalue weighted by atomic mass is 35.5. The summed E-state index contributed by atoms with van der Waals surface area (Å²) in [5.41, 5.74) is 1.18. The number of carbonyl (C=O) groups is 2. The molecule has 2 aromatic rings. The van der Waals surface area contributed by atoms with E-state index in [2.05, 4.69) is 15.0 Å². The van der Waals surface area contributed by atoms with Crippen LogP contribution in [0.15, 0.2) is 36.4 Å². The fourth-order valence-corrected chi connectivity index (χ4v) is 2.12. The Morgan fingerprint density at radius 1 is 1.13 bits per heavy atom. The van der Waals surface area contributed by atoms with Crippen molar-refractivity contribution in [3.8, 4) is 0 Å². The lowest BCUT2D eigenvalue weighted by atomic mass is 10.2. The Balaban J connectivity index is 2.13. The highest BCUT2D eigenvalue weighted by Gasteiger charge is 2.14. The second-order valence-electron chi connectivity index (χ2n) is 4.49. The van der Waals surface area contributed by atoms with E-state index in [0.29, 0.717) is 11.4 Å². The van der Waals surface area contributed by atoms with Crippen molar-refractivity contribution in [2.24, 2.45) is 0 Å². The molecule has 0 bridgehead atoms. The minimum absolute atomic E-state index is 0.0370. The van der Waals surface area contributed by atoms with Crippen LogP contribution in [0.4, 0.5) is 16.2 Å². The number of rotatable bonds is 3. The Labute approximate surface area is 143 Å². The van der Waals surface area contributed by atoms with E-state index < -0.39 is 12.0 Å². The molecule has 0 saturated heterocycles. The number of hydrogen-bond acceptors (Lipinski definition) is 4. The second kappa shape index (κ2) is 7.30. The number of carbonyl (C=O) groups excluding carboxylic acids is 2. The number of halogens is 2. The third kappa shape index (κ3) is 4.12. The minimum Gasteiger partial charge on any atom is -0.452 e. The molecule has 23 heavy (non-hydrogen) atoms. The number of nitrogens with zero attached hydrogens (tertiary/aromatic N) is 2.